The van der Waals surface area contributed by atoms with Crippen molar-refractivity contribution < 1.29 is 13.9 Å². The molecule has 0 saturated carbocycles. The molecule has 0 fully saturated rings. The third kappa shape index (κ3) is 3.69. The van der Waals surface area contributed by atoms with Crippen LogP contribution in [-0.4, -0.2) is 11.2 Å². The van der Waals surface area contributed by atoms with Crippen LogP contribution in [0, 0.1) is 11.6 Å². The van der Waals surface area contributed by atoms with Gasteiger partial charge in [0.1, 0.15) is 11.6 Å². The second-order valence-corrected chi connectivity index (χ2v) is 6.60. The zero-order valence-electron chi connectivity index (χ0n) is 11.9. The number of aliphatic hydroxyl groups excluding tert-OH is 1. The second kappa shape index (κ2) is 6.24. The zero-order valence-corrected chi connectivity index (χ0v) is 13.5. The predicted octanol–water partition coefficient (Wildman–Crippen LogP) is 4.61. The molecule has 0 saturated heterocycles. The van der Waals surface area contributed by atoms with Gasteiger partial charge in [-0.1, -0.05) is 41.9 Å². The molecule has 0 spiro atoms. The molecular weight excluding hydrogens is 338 g/mol. The molecule has 1 nitrogen and oxygen atoms in total. The Kier molecular flexibility index (Phi) is 4.79. The molecule has 1 atom stereocenters. The van der Waals surface area contributed by atoms with Gasteiger partial charge in [0.2, 0.25) is 0 Å². The van der Waals surface area contributed by atoms with Crippen molar-refractivity contribution >= 4 is 15.9 Å². The molecule has 1 unspecified atom stereocenters. The SMILES string of the molecule is CC(C)(c1ccc(F)cc1)C(O)Cc1cc(Br)ccc1F. The molecule has 0 aliphatic heterocycles. The van der Waals surface area contributed by atoms with E-state index in [4.69, 9.17) is 0 Å². The fourth-order valence-corrected chi connectivity index (χ4v) is 2.64. The Balaban J connectivity index is 2.23. The van der Waals surface area contributed by atoms with Crippen LogP contribution in [-0.2, 0) is 11.8 Å². The Morgan fingerprint density at radius 1 is 1.10 bits per heavy atom. The molecule has 4 heteroatoms. The molecule has 0 aliphatic rings. The fourth-order valence-electron chi connectivity index (χ4n) is 2.24. The molecule has 0 aromatic heterocycles. The van der Waals surface area contributed by atoms with Crippen molar-refractivity contribution in [1.29, 1.82) is 0 Å². The van der Waals surface area contributed by atoms with Gasteiger partial charge in [-0.3, -0.25) is 0 Å². The molecule has 0 radical (unpaired) electrons. The highest BCUT2D eigenvalue weighted by molar-refractivity contribution is 9.10. The van der Waals surface area contributed by atoms with E-state index in [2.05, 4.69) is 15.9 Å². The highest BCUT2D eigenvalue weighted by Gasteiger charge is 2.30. The summed E-state index contributed by atoms with van der Waals surface area (Å²) in [7, 11) is 0. The molecule has 0 heterocycles. The van der Waals surface area contributed by atoms with Crippen LogP contribution in [0.25, 0.3) is 0 Å². The quantitative estimate of drug-likeness (QED) is 0.849. The maximum absolute atomic E-state index is 13.8. The lowest BCUT2D eigenvalue weighted by atomic mass is 9.77. The minimum Gasteiger partial charge on any atom is -0.392 e. The lowest BCUT2D eigenvalue weighted by molar-refractivity contribution is 0.0990. The van der Waals surface area contributed by atoms with Gasteiger partial charge in [0.25, 0.3) is 0 Å². The molecule has 0 bridgehead atoms. The lowest BCUT2D eigenvalue weighted by Crippen LogP contribution is -2.35. The summed E-state index contributed by atoms with van der Waals surface area (Å²) in [6, 6.07) is 10.7. The summed E-state index contributed by atoms with van der Waals surface area (Å²) in [5.41, 5.74) is 0.654. The van der Waals surface area contributed by atoms with Crippen molar-refractivity contribution in [2.24, 2.45) is 0 Å². The normalized spacial score (nSPS) is 13.2. The summed E-state index contributed by atoms with van der Waals surface area (Å²) in [5, 5.41) is 10.5. The number of halogens is 3. The van der Waals surface area contributed by atoms with Crippen molar-refractivity contribution in [2.75, 3.05) is 0 Å². The van der Waals surface area contributed by atoms with Gasteiger partial charge in [-0.2, -0.15) is 0 Å². The molecule has 2 aromatic rings. The predicted molar refractivity (Wildman–Crippen MR) is 83.2 cm³/mol. The average molecular weight is 355 g/mol. The first-order valence-corrected chi connectivity index (χ1v) is 7.48. The summed E-state index contributed by atoms with van der Waals surface area (Å²) in [4.78, 5) is 0. The number of hydrogen-bond acceptors (Lipinski definition) is 1. The van der Waals surface area contributed by atoms with Crippen LogP contribution in [0.15, 0.2) is 46.9 Å². The summed E-state index contributed by atoms with van der Waals surface area (Å²) < 4.78 is 27.6. The van der Waals surface area contributed by atoms with Crippen molar-refractivity contribution in [3.8, 4) is 0 Å². The maximum Gasteiger partial charge on any atom is 0.126 e. The molecule has 2 rings (SSSR count). The molecule has 21 heavy (non-hydrogen) atoms. The van der Waals surface area contributed by atoms with Gasteiger partial charge in [0.15, 0.2) is 0 Å². The van der Waals surface area contributed by atoms with Crippen LogP contribution >= 0.6 is 15.9 Å². The van der Waals surface area contributed by atoms with E-state index in [0.717, 1.165) is 10.0 Å². The third-order valence-electron chi connectivity index (χ3n) is 3.84. The topological polar surface area (TPSA) is 20.2 Å². The van der Waals surface area contributed by atoms with Gasteiger partial charge in [-0.05, 0) is 41.5 Å². The Bertz CT molecular complexity index is 623. The number of hydrogen-bond donors (Lipinski definition) is 1. The van der Waals surface area contributed by atoms with Crippen LogP contribution in [0.1, 0.15) is 25.0 Å². The molecule has 0 aliphatic carbocycles. The summed E-state index contributed by atoms with van der Waals surface area (Å²) in [6.07, 6.45) is -0.595. The Hall–Kier alpha value is -1.26. The largest absolute Gasteiger partial charge is 0.392 e. The van der Waals surface area contributed by atoms with Gasteiger partial charge in [0, 0.05) is 16.3 Å². The highest BCUT2D eigenvalue weighted by Crippen LogP contribution is 2.30. The Labute approximate surface area is 131 Å². The van der Waals surface area contributed by atoms with Crippen LogP contribution in [0.5, 0.6) is 0 Å². The monoisotopic (exact) mass is 354 g/mol. The van der Waals surface area contributed by atoms with Gasteiger partial charge in [-0.25, -0.2) is 8.78 Å². The highest BCUT2D eigenvalue weighted by atomic mass is 79.9. The van der Waals surface area contributed by atoms with Crippen molar-refractivity contribution in [2.45, 2.75) is 31.8 Å². The van der Waals surface area contributed by atoms with Crippen molar-refractivity contribution in [3.05, 3.63) is 69.7 Å². The van der Waals surface area contributed by atoms with E-state index >= 15 is 0 Å². The van der Waals surface area contributed by atoms with Crippen LogP contribution in [0.3, 0.4) is 0 Å². The van der Waals surface area contributed by atoms with E-state index in [9.17, 15) is 13.9 Å². The van der Waals surface area contributed by atoms with Gasteiger partial charge in [0.05, 0.1) is 6.10 Å². The first-order chi connectivity index (χ1) is 9.80. The molecule has 112 valence electrons. The van der Waals surface area contributed by atoms with E-state index in [-0.39, 0.29) is 18.1 Å². The van der Waals surface area contributed by atoms with Gasteiger partial charge >= 0.3 is 0 Å². The van der Waals surface area contributed by atoms with Gasteiger partial charge < -0.3 is 5.11 Å². The lowest BCUT2D eigenvalue weighted by Gasteiger charge is -2.31. The zero-order chi connectivity index (χ0) is 15.6. The molecule has 2 aromatic carbocycles. The summed E-state index contributed by atoms with van der Waals surface area (Å²) in [6.45, 7) is 3.72. The molecule has 1 N–H and O–H groups in total. The maximum atomic E-state index is 13.8. The average Bonchev–Trinajstić information content (AvgIpc) is 2.43. The summed E-state index contributed by atoms with van der Waals surface area (Å²) in [5.74, 6) is -0.658. The minimum atomic E-state index is -0.785. The van der Waals surface area contributed by atoms with Gasteiger partial charge in [-0.15, -0.1) is 0 Å². The van der Waals surface area contributed by atoms with Crippen LogP contribution in [0.4, 0.5) is 8.78 Å². The second-order valence-electron chi connectivity index (χ2n) is 5.68. The minimum absolute atomic E-state index is 0.190. The standard InChI is InChI=1S/C17H17BrF2O/c1-17(2,12-3-6-14(19)7-4-12)16(21)10-11-9-13(18)5-8-15(11)20/h3-9,16,21H,10H2,1-2H3. The molecule has 0 amide bonds. The fraction of sp³-hybridized carbons (Fsp3) is 0.294. The van der Waals surface area contributed by atoms with E-state index < -0.39 is 11.5 Å². The number of rotatable bonds is 4. The van der Waals surface area contributed by atoms with E-state index in [0.29, 0.717) is 5.56 Å². The smallest absolute Gasteiger partial charge is 0.126 e. The Morgan fingerprint density at radius 2 is 1.71 bits per heavy atom. The van der Waals surface area contributed by atoms with E-state index in [1.165, 1.54) is 18.2 Å². The van der Waals surface area contributed by atoms with Crippen LogP contribution < -0.4 is 0 Å². The third-order valence-corrected chi connectivity index (χ3v) is 4.34. The summed E-state index contributed by atoms with van der Waals surface area (Å²) >= 11 is 3.30. The Morgan fingerprint density at radius 3 is 2.33 bits per heavy atom. The first-order valence-electron chi connectivity index (χ1n) is 6.69. The first kappa shape index (κ1) is 16.1. The van der Waals surface area contributed by atoms with E-state index in [1.54, 1.807) is 24.3 Å². The van der Waals surface area contributed by atoms with E-state index in [1.807, 2.05) is 13.8 Å². The molecular formula is C17H17BrF2O. The number of benzene rings is 2. The number of aliphatic hydroxyl groups is 1. The van der Waals surface area contributed by atoms with Crippen molar-refractivity contribution in [1.82, 2.24) is 0 Å². The van der Waals surface area contributed by atoms with Crippen molar-refractivity contribution in [3.63, 3.8) is 0 Å². The van der Waals surface area contributed by atoms with Crippen LogP contribution in [0.2, 0.25) is 0 Å².